The minimum absolute atomic E-state index is 0.0306. The van der Waals surface area contributed by atoms with Crippen molar-refractivity contribution in [3.05, 3.63) is 29.6 Å². The van der Waals surface area contributed by atoms with Gasteiger partial charge in [-0.25, -0.2) is 18.0 Å². The van der Waals surface area contributed by atoms with E-state index in [-0.39, 0.29) is 30.6 Å². The van der Waals surface area contributed by atoms with Crippen molar-refractivity contribution < 1.29 is 32.6 Å². The van der Waals surface area contributed by atoms with Crippen molar-refractivity contribution in [2.75, 3.05) is 7.11 Å². The summed E-state index contributed by atoms with van der Waals surface area (Å²) < 4.78 is 43.9. The van der Waals surface area contributed by atoms with Gasteiger partial charge in [0.15, 0.2) is 17.6 Å². The van der Waals surface area contributed by atoms with Crippen LogP contribution in [0.2, 0.25) is 0 Å². The zero-order valence-electron chi connectivity index (χ0n) is 12.3. The van der Waals surface area contributed by atoms with E-state index in [0.717, 1.165) is 6.07 Å². The summed E-state index contributed by atoms with van der Waals surface area (Å²) in [5.74, 6) is -6.05. The van der Waals surface area contributed by atoms with Gasteiger partial charge in [0.2, 0.25) is 11.8 Å². The summed E-state index contributed by atoms with van der Waals surface area (Å²) in [5, 5.41) is 11.4. The number of methoxy groups -OCH3 is 1. The summed E-state index contributed by atoms with van der Waals surface area (Å²) in [4.78, 5) is 23.1. The van der Waals surface area contributed by atoms with E-state index < -0.39 is 35.6 Å². The van der Waals surface area contributed by atoms with E-state index >= 15 is 0 Å². The number of carboxylic acid groups (broad SMARTS) is 1. The van der Waals surface area contributed by atoms with Gasteiger partial charge < -0.3 is 15.2 Å². The van der Waals surface area contributed by atoms with Gasteiger partial charge in [0.25, 0.3) is 0 Å². The predicted molar refractivity (Wildman–Crippen MR) is 73.8 cm³/mol. The molecule has 8 heteroatoms. The lowest BCUT2D eigenvalue weighted by atomic mass is 9.79. The Labute approximate surface area is 130 Å². The SMILES string of the molecule is COc1ccc(C(NC(=O)CC2CC(F)(F)C2)C(=O)O)cc1F. The third-order valence-electron chi connectivity index (χ3n) is 3.71. The van der Waals surface area contributed by atoms with E-state index in [4.69, 9.17) is 4.74 Å². The van der Waals surface area contributed by atoms with Crippen molar-refractivity contribution in [3.8, 4) is 5.75 Å². The number of carbonyl (C=O) groups excluding carboxylic acids is 1. The highest BCUT2D eigenvalue weighted by Gasteiger charge is 2.45. The molecule has 2 rings (SSSR count). The maximum Gasteiger partial charge on any atom is 0.330 e. The van der Waals surface area contributed by atoms with E-state index in [1.807, 2.05) is 0 Å². The Kier molecular flexibility index (Phi) is 4.82. The summed E-state index contributed by atoms with van der Waals surface area (Å²) >= 11 is 0. The van der Waals surface area contributed by atoms with E-state index in [1.54, 1.807) is 0 Å². The van der Waals surface area contributed by atoms with Crippen LogP contribution in [0, 0.1) is 11.7 Å². The lowest BCUT2D eigenvalue weighted by molar-refractivity contribution is -0.144. The van der Waals surface area contributed by atoms with Gasteiger partial charge >= 0.3 is 5.97 Å². The lowest BCUT2D eigenvalue weighted by Gasteiger charge is -2.34. The van der Waals surface area contributed by atoms with Crippen LogP contribution in [0.4, 0.5) is 13.2 Å². The van der Waals surface area contributed by atoms with E-state index in [0.29, 0.717) is 0 Å². The standard InChI is InChI=1S/C15H16F3NO4/c1-23-11-3-2-9(5-10(11)16)13(14(21)22)19-12(20)4-8-6-15(17,18)7-8/h2-3,5,8,13H,4,6-7H2,1H3,(H,19,20)(H,21,22). The molecule has 126 valence electrons. The highest BCUT2D eigenvalue weighted by atomic mass is 19.3. The molecule has 23 heavy (non-hydrogen) atoms. The molecular formula is C15H16F3NO4. The highest BCUT2D eigenvalue weighted by Crippen LogP contribution is 2.44. The second kappa shape index (κ2) is 6.47. The molecule has 1 amide bonds. The van der Waals surface area contributed by atoms with Gasteiger partial charge in [-0.15, -0.1) is 0 Å². The summed E-state index contributed by atoms with van der Waals surface area (Å²) in [7, 11) is 1.27. The van der Waals surface area contributed by atoms with E-state index in [2.05, 4.69) is 5.32 Å². The monoisotopic (exact) mass is 331 g/mol. The van der Waals surface area contributed by atoms with Gasteiger partial charge in [-0.3, -0.25) is 4.79 Å². The Hall–Kier alpha value is -2.25. The van der Waals surface area contributed by atoms with Crippen LogP contribution in [0.15, 0.2) is 18.2 Å². The second-order valence-corrected chi connectivity index (χ2v) is 5.57. The Morgan fingerprint density at radius 2 is 2.09 bits per heavy atom. The quantitative estimate of drug-likeness (QED) is 0.840. The number of hydrogen-bond donors (Lipinski definition) is 2. The molecular weight excluding hydrogens is 315 g/mol. The number of halogens is 3. The summed E-state index contributed by atoms with van der Waals surface area (Å²) in [6.45, 7) is 0. The number of benzene rings is 1. The maximum atomic E-state index is 13.7. The molecule has 1 unspecified atom stereocenters. The number of ether oxygens (including phenoxy) is 1. The van der Waals surface area contributed by atoms with E-state index in [1.165, 1.54) is 19.2 Å². The number of rotatable bonds is 6. The van der Waals surface area contributed by atoms with Gasteiger partial charge in [0, 0.05) is 19.3 Å². The molecule has 1 fully saturated rings. The number of amides is 1. The smallest absolute Gasteiger partial charge is 0.330 e. The average molecular weight is 331 g/mol. The maximum absolute atomic E-state index is 13.7. The number of aliphatic carboxylic acids is 1. The second-order valence-electron chi connectivity index (χ2n) is 5.57. The topological polar surface area (TPSA) is 75.6 Å². The minimum Gasteiger partial charge on any atom is -0.494 e. The first-order chi connectivity index (χ1) is 10.7. The normalized spacial score (nSPS) is 17.9. The molecule has 1 aromatic rings. The van der Waals surface area contributed by atoms with Crippen molar-refractivity contribution in [1.29, 1.82) is 0 Å². The summed E-state index contributed by atoms with van der Waals surface area (Å²) in [6.07, 6.45) is -0.942. The van der Waals surface area contributed by atoms with Crippen LogP contribution in [0.5, 0.6) is 5.75 Å². The van der Waals surface area contributed by atoms with Crippen molar-refractivity contribution >= 4 is 11.9 Å². The molecule has 0 bridgehead atoms. The average Bonchev–Trinajstić information content (AvgIpc) is 2.42. The highest BCUT2D eigenvalue weighted by molar-refractivity contribution is 5.84. The number of alkyl halides is 2. The molecule has 0 aliphatic heterocycles. The molecule has 1 aliphatic carbocycles. The fourth-order valence-electron chi connectivity index (χ4n) is 2.56. The molecule has 1 aromatic carbocycles. The van der Waals surface area contributed by atoms with Crippen molar-refractivity contribution in [2.24, 2.45) is 5.92 Å². The number of carbonyl (C=O) groups is 2. The van der Waals surface area contributed by atoms with Crippen molar-refractivity contribution in [1.82, 2.24) is 5.32 Å². The zero-order valence-corrected chi connectivity index (χ0v) is 12.3. The van der Waals surface area contributed by atoms with Gasteiger partial charge in [0.05, 0.1) is 7.11 Å². The molecule has 0 saturated heterocycles. The number of nitrogens with one attached hydrogen (secondary N) is 1. The molecule has 5 nitrogen and oxygen atoms in total. The first-order valence-electron chi connectivity index (χ1n) is 6.95. The van der Waals surface area contributed by atoms with Crippen LogP contribution in [0.25, 0.3) is 0 Å². The Bertz CT molecular complexity index is 613. The van der Waals surface area contributed by atoms with Gasteiger partial charge in [-0.05, 0) is 23.6 Å². The molecule has 0 heterocycles. The van der Waals surface area contributed by atoms with Crippen LogP contribution in [0.3, 0.4) is 0 Å². The van der Waals surface area contributed by atoms with Crippen LogP contribution in [-0.2, 0) is 9.59 Å². The van der Waals surface area contributed by atoms with E-state index in [9.17, 15) is 27.9 Å². The van der Waals surface area contributed by atoms with Crippen LogP contribution >= 0.6 is 0 Å². The third-order valence-corrected chi connectivity index (χ3v) is 3.71. The van der Waals surface area contributed by atoms with Crippen LogP contribution < -0.4 is 10.1 Å². The molecule has 0 aromatic heterocycles. The first kappa shape index (κ1) is 17.1. The Morgan fingerprint density at radius 1 is 1.43 bits per heavy atom. The molecule has 1 atom stereocenters. The van der Waals surface area contributed by atoms with Crippen molar-refractivity contribution in [2.45, 2.75) is 31.2 Å². The van der Waals surface area contributed by atoms with Gasteiger partial charge in [-0.1, -0.05) is 6.07 Å². The Morgan fingerprint density at radius 3 is 2.57 bits per heavy atom. The van der Waals surface area contributed by atoms with Crippen LogP contribution in [0.1, 0.15) is 30.9 Å². The number of hydrogen-bond acceptors (Lipinski definition) is 3. The fourth-order valence-corrected chi connectivity index (χ4v) is 2.56. The Balaban J connectivity index is 2.03. The van der Waals surface area contributed by atoms with Crippen molar-refractivity contribution in [3.63, 3.8) is 0 Å². The number of carboxylic acids is 1. The molecule has 0 spiro atoms. The minimum atomic E-state index is -2.74. The fraction of sp³-hybridized carbons (Fsp3) is 0.467. The third kappa shape index (κ3) is 4.14. The van der Waals surface area contributed by atoms with Gasteiger partial charge in [-0.2, -0.15) is 0 Å². The predicted octanol–water partition coefficient (Wildman–Crippen LogP) is 2.51. The lowest BCUT2D eigenvalue weighted by Crippen LogP contribution is -2.40. The summed E-state index contributed by atoms with van der Waals surface area (Å²) in [6, 6.07) is 2.07. The largest absolute Gasteiger partial charge is 0.494 e. The van der Waals surface area contributed by atoms with Crippen LogP contribution in [-0.4, -0.2) is 30.0 Å². The molecule has 2 N–H and O–H groups in total. The molecule has 0 radical (unpaired) electrons. The zero-order chi connectivity index (χ0) is 17.2. The molecule has 1 saturated carbocycles. The summed E-state index contributed by atoms with van der Waals surface area (Å²) in [5.41, 5.74) is 0.0306. The van der Waals surface area contributed by atoms with Gasteiger partial charge in [0.1, 0.15) is 0 Å². The first-order valence-corrected chi connectivity index (χ1v) is 6.95. The molecule has 1 aliphatic rings.